The smallest absolute Gasteiger partial charge is 0.190 e. The first-order chi connectivity index (χ1) is 11.6. The Labute approximate surface area is 153 Å². The lowest BCUT2D eigenvalue weighted by atomic mass is 10.1. The van der Waals surface area contributed by atoms with Crippen LogP contribution < -0.4 is 9.64 Å². The zero-order chi connectivity index (χ0) is 17.5. The average Bonchev–Trinajstić information content (AvgIpc) is 2.60. The second kappa shape index (κ2) is 9.14. The summed E-state index contributed by atoms with van der Waals surface area (Å²) in [7, 11) is 0. The molecule has 0 aliphatic carbocycles. The first kappa shape index (κ1) is 18.9. The Morgan fingerprint density at radius 3 is 2.29 bits per heavy atom. The molecule has 2 aromatic rings. The first-order valence-electron chi connectivity index (χ1n) is 8.19. The van der Waals surface area contributed by atoms with Gasteiger partial charge in [-0.05, 0) is 44.7 Å². The Morgan fingerprint density at radius 2 is 1.75 bits per heavy atom. The molecule has 0 amide bonds. The number of aromatic nitrogens is 2. The molecule has 0 aliphatic rings. The predicted octanol–water partition coefficient (Wildman–Crippen LogP) is 4.69. The SMILES string of the molecule is CCOc1ccc(Cc2c(Cl)nc(SC)nc2N(CC)CC)cc1. The summed E-state index contributed by atoms with van der Waals surface area (Å²) in [6.45, 7) is 8.66. The van der Waals surface area contributed by atoms with E-state index in [9.17, 15) is 0 Å². The van der Waals surface area contributed by atoms with Crippen LogP contribution in [0.4, 0.5) is 5.82 Å². The molecule has 0 fully saturated rings. The normalized spacial score (nSPS) is 10.7. The van der Waals surface area contributed by atoms with Crippen molar-refractivity contribution in [2.45, 2.75) is 32.3 Å². The van der Waals surface area contributed by atoms with Crippen molar-refractivity contribution in [2.75, 3.05) is 30.9 Å². The van der Waals surface area contributed by atoms with E-state index in [0.29, 0.717) is 23.3 Å². The van der Waals surface area contributed by atoms with Gasteiger partial charge in [-0.1, -0.05) is 35.5 Å². The monoisotopic (exact) mass is 365 g/mol. The van der Waals surface area contributed by atoms with Gasteiger partial charge < -0.3 is 9.64 Å². The molecule has 2 rings (SSSR count). The number of halogens is 1. The zero-order valence-electron chi connectivity index (χ0n) is 14.7. The third-order valence-electron chi connectivity index (χ3n) is 3.78. The van der Waals surface area contributed by atoms with Crippen LogP contribution in [0.2, 0.25) is 5.15 Å². The number of benzene rings is 1. The molecule has 4 nitrogen and oxygen atoms in total. The lowest BCUT2D eigenvalue weighted by Gasteiger charge is -2.23. The minimum atomic E-state index is 0.533. The molecule has 0 saturated heterocycles. The van der Waals surface area contributed by atoms with Crippen molar-refractivity contribution in [2.24, 2.45) is 0 Å². The Kier molecular flexibility index (Phi) is 7.18. The van der Waals surface area contributed by atoms with Gasteiger partial charge in [0.2, 0.25) is 0 Å². The van der Waals surface area contributed by atoms with Crippen LogP contribution in [0.5, 0.6) is 5.75 Å². The fourth-order valence-electron chi connectivity index (χ4n) is 2.53. The van der Waals surface area contributed by atoms with Crippen LogP contribution in [0.15, 0.2) is 29.4 Å². The number of hydrogen-bond acceptors (Lipinski definition) is 5. The standard InChI is InChI=1S/C18H24ClN3OS/c1-5-22(6-2)17-15(16(19)20-18(21-17)24-4)12-13-8-10-14(11-9-13)23-7-3/h8-11H,5-7,12H2,1-4H3. The molecule has 24 heavy (non-hydrogen) atoms. The van der Waals surface area contributed by atoms with E-state index < -0.39 is 0 Å². The summed E-state index contributed by atoms with van der Waals surface area (Å²) < 4.78 is 5.50. The molecule has 1 aromatic heterocycles. The van der Waals surface area contributed by atoms with Gasteiger partial charge >= 0.3 is 0 Å². The maximum Gasteiger partial charge on any atom is 0.190 e. The second-order valence-corrected chi connectivity index (χ2v) is 6.36. The van der Waals surface area contributed by atoms with Crippen LogP contribution >= 0.6 is 23.4 Å². The van der Waals surface area contributed by atoms with E-state index in [-0.39, 0.29) is 0 Å². The highest BCUT2D eigenvalue weighted by atomic mass is 35.5. The highest BCUT2D eigenvalue weighted by molar-refractivity contribution is 7.98. The van der Waals surface area contributed by atoms with Crippen molar-refractivity contribution in [3.63, 3.8) is 0 Å². The summed E-state index contributed by atoms with van der Waals surface area (Å²) in [6, 6.07) is 8.10. The van der Waals surface area contributed by atoms with Gasteiger partial charge in [-0.3, -0.25) is 0 Å². The molecule has 0 spiro atoms. The lowest BCUT2D eigenvalue weighted by molar-refractivity contribution is 0.340. The molecule has 0 saturated carbocycles. The van der Waals surface area contributed by atoms with Gasteiger partial charge in [-0.15, -0.1) is 0 Å². The summed E-state index contributed by atoms with van der Waals surface area (Å²) in [5, 5.41) is 1.24. The largest absolute Gasteiger partial charge is 0.494 e. The average molecular weight is 366 g/mol. The highest BCUT2D eigenvalue weighted by Crippen LogP contribution is 2.29. The van der Waals surface area contributed by atoms with E-state index in [0.717, 1.165) is 35.8 Å². The number of ether oxygens (including phenoxy) is 1. The van der Waals surface area contributed by atoms with E-state index >= 15 is 0 Å². The van der Waals surface area contributed by atoms with Gasteiger partial charge in [0.05, 0.1) is 6.61 Å². The van der Waals surface area contributed by atoms with Crippen molar-refractivity contribution in [1.29, 1.82) is 0 Å². The van der Waals surface area contributed by atoms with Crippen molar-refractivity contribution in [1.82, 2.24) is 9.97 Å². The Balaban J connectivity index is 2.37. The molecule has 0 atom stereocenters. The Bertz CT molecular complexity index is 660. The third-order valence-corrected chi connectivity index (χ3v) is 4.64. The third kappa shape index (κ3) is 4.54. The second-order valence-electron chi connectivity index (χ2n) is 5.23. The number of anilines is 1. The van der Waals surface area contributed by atoms with Crippen molar-refractivity contribution >= 4 is 29.2 Å². The molecule has 0 unspecified atom stereocenters. The molecule has 0 aliphatic heterocycles. The maximum absolute atomic E-state index is 6.49. The molecule has 1 heterocycles. The van der Waals surface area contributed by atoms with Crippen LogP contribution in [-0.2, 0) is 6.42 Å². The molecular weight excluding hydrogens is 342 g/mol. The quantitative estimate of drug-likeness (QED) is 0.385. The van der Waals surface area contributed by atoms with Crippen molar-refractivity contribution in [3.8, 4) is 5.75 Å². The molecular formula is C18H24ClN3OS. The van der Waals surface area contributed by atoms with E-state index in [1.807, 2.05) is 25.3 Å². The fourth-order valence-corrected chi connectivity index (χ4v) is 3.17. The molecule has 130 valence electrons. The van der Waals surface area contributed by atoms with E-state index in [1.54, 1.807) is 0 Å². The van der Waals surface area contributed by atoms with Crippen LogP contribution in [0.3, 0.4) is 0 Å². The summed E-state index contributed by atoms with van der Waals surface area (Å²) in [4.78, 5) is 11.3. The molecule has 1 aromatic carbocycles. The maximum atomic E-state index is 6.49. The van der Waals surface area contributed by atoms with Crippen LogP contribution in [0.1, 0.15) is 31.9 Å². The predicted molar refractivity (Wildman–Crippen MR) is 103 cm³/mol. The molecule has 6 heteroatoms. The first-order valence-corrected chi connectivity index (χ1v) is 9.80. The summed E-state index contributed by atoms with van der Waals surface area (Å²) in [5.41, 5.74) is 2.14. The Hall–Kier alpha value is -1.46. The van der Waals surface area contributed by atoms with Gasteiger partial charge in [0.15, 0.2) is 5.16 Å². The van der Waals surface area contributed by atoms with Crippen LogP contribution in [-0.4, -0.2) is 35.9 Å². The number of rotatable bonds is 8. The Morgan fingerprint density at radius 1 is 1.08 bits per heavy atom. The molecule has 0 N–H and O–H groups in total. The van der Waals surface area contributed by atoms with Gasteiger partial charge in [0.1, 0.15) is 16.7 Å². The van der Waals surface area contributed by atoms with Crippen molar-refractivity contribution < 1.29 is 4.74 Å². The van der Waals surface area contributed by atoms with E-state index in [2.05, 4.69) is 35.9 Å². The highest BCUT2D eigenvalue weighted by Gasteiger charge is 2.17. The van der Waals surface area contributed by atoms with Crippen LogP contribution in [0.25, 0.3) is 0 Å². The minimum absolute atomic E-state index is 0.533. The van der Waals surface area contributed by atoms with Crippen LogP contribution in [0, 0.1) is 0 Å². The zero-order valence-corrected chi connectivity index (χ0v) is 16.2. The van der Waals surface area contributed by atoms with Gasteiger partial charge in [0, 0.05) is 25.1 Å². The van der Waals surface area contributed by atoms with Gasteiger partial charge in [0.25, 0.3) is 0 Å². The minimum Gasteiger partial charge on any atom is -0.494 e. The number of hydrogen-bond donors (Lipinski definition) is 0. The number of nitrogens with zero attached hydrogens (tertiary/aromatic N) is 3. The fraction of sp³-hybridized carbons (Fsp3) is 0.444. The summed E-state index contributed by atoms with van der Waals surface area (Å²) in [6.07, 6.45) is 2.66. The summed E-state index contributed by atoms with van der Waals surface area (Å²) in [5.74, 6) is 1.81. The van der Waals surface area contributed by atoms with Crippen molar-refractivity contribution in [3.05, 3.63) is 40.5 Å². The topological polar surface area (TPSA) is 38.3 Å². The van der Waals surface area contributed by atoms with Gasteiger partial charge in [-0.2, -0.15) is 0 Å². The van der Waals surface area contributed by atoms with E-state index in [4.69, 9.17) is 21.3 Å². The van der Waals surface area contributed by atoms with Gasteiger partial charge in [-0.25, -0.2) is 9.97 Å². The van der Waals surface area contributed by atoms with E-state index in [1.165, 1.54) is 11.8 Å². The summed E-state index contributed by atoms with van der Waals surface area (Å²) >= 11 is 7.99. The molecule has 0 radical (unpaired) electrons. The number of thioether (sulfide) groups is 1. The lowest BCUT2D eigenvalue weighted by Crippen LogP contribution is -2.25. The molecule has 0 bridgehead atoms.